The molecule has 0 bridgehead atoms. The predicted octanol–water partition coefficient (Wildman–Crippen LogP) is 4.27. The molecule has 4 unspecified atom stereocenters. The molecule has 0 amide bonds. The standard InChI is InChI=1S/C16H33BO2/c1-8-14(9-2)13(6)16(15(18)10-3)19-17(7)11-12(4)5/h8,12-16,18H,1,9-11H2,2-7H3. The van der Waals surface area contributed by atoms with Gasteiger partial charge in [-0.05, 0) is 31.0 Å². The first-order valence-corrected chi connectivity index (χ1v) is 7.83. The SMILES string of the molecule is C=CC(CC)C(C)C(OB(C)CC(C)C)C(O)CC. The van der Waals surface area contributed by atoms with Crippen molar-refractivity contribution in [3.05, 3.63) is 12.7 Å². The average Bonchev–Trinajstić information content (AvgIpc) is 2.35. The maximum absolute atomic E-state index is 10.3. The quantitative estimate of drug-likeness (QED) is 0.473. The number of aliphatic hydroxyl groups excluding tert-OH is 1. The molecule has 1 N–H and O–H groups in total. The summed E-state index contributed by atoms with van der Waals surface area (Å²) in [6.45, 7) is 17.0. The van der Waals surface area contributed by atoms with E-state index >= 15 is 0 Å². The molecule has 0 heterocycles. The zero-order valence-electron chi connectivity index (χ0n) is 13.7. The molecule has 19 heavy (non-hydrogen) atoms. The Morgan fingerprint density at radius 3 is 2.16 bits per heavy atom. The molecule has 0 radical (unpaired) electrons. The van der Waals surface area contributed by atoms with Crippen molar-refractivity contribution in [2.45, 2.75) is 72.8 Å². The first-order valence-electron chi connectivity index (χ1n) is 7.83. The second kappa shape index (κ2) is 9.60. The van der Waals surface area contributed by atoms with Crippen molar-refractivity contribution in [1.29, 1.82) is 0 Å². The fourth-order valence-electron chi connectivity index (χ4n) is 2.78. The molecule has 0 aliphatic carbocycles. The molecule has 0 fully saturated rings. The van der Waals surface area contributed by atoms with Gasteiger partial charge in [-0.15, -0.1) is 6.58 Å². The first kappa shape index (κ1) is 18.7. The molecule has 0 spiro atoms. The van der Waals surface area contributed by atoms with E-state index in [4.69, 9.17) is 4.65 Å². The highest BCUT2D eigenvalue weighted by Gasteiger charge is 2.31. The van der Waals surface area contributed by atoms with Gasteiger partial charge in [0.25, 0.3) is 6.92 Å². The summed E-state index contributed by atoms with van der Waals surface area (Å²) in [6, 6.07) is 0. The van der Waals surface area contributed by atoms with Crippen molar-refractivity contribution >= 4 is 6.92 Å². The van der Waals surface area contributed by atoms with Crippen LogP contribution in [0.1, 0.15) is 47.5 Å². The van der Waals surface area contributed by atoms with E-state index in [1.807, 2.05) is 13.0 Å². The Morgan fingerprint density at radius 1 is 1.21 bits per heavy atom. The van der Waals surface area contributed by atoms with E-state index < -0.39 is 6.10 Å². The first-order chi connectivity index (χ1) is 8.87. The van der Waals surface area contributed by atoms with E-state index in [9.17, 15) is 5.11 Å². The molecule has 0 saturated carbocycles. The van der Waals surface area contributed by atoms with Crippen LogP contribution in [-0.2, 0) is 4.65 Å². The lowest BCUT2D eigenvalue weighted by atomic mass is 9.63. The van der Waals surface area contributed by atoms with Crippen molar-refractivity contribution in [2.24, 2.45) is 17.8 Å². The fraction of sp³-hybridized carbons (Fsp3) is 0.875. The van der Waals surface area contributed by atoms with Crippen LogP contribution in [0.5, 0.6) is 0 Å². The second-order valence-electron chi connectivity index (χ2n) is 6.18. The molecule has 0 aromatic heterocycles. The third kappa shape index (κ3) is 6.62. The number of hydrogen-bond donors (Lipinski definition) is 1. The van der Waals surface area contributed by atoms with E-state index in [2.05, 4.69) is 41.1 Å². The van der Waals surface area contributed by atoms with Gasteiger partial charge in [0.2, 0.25) is 0 Å². The molecular formula is C16H33BO2. The molecule has 0 rings (SSSR count). The molecular weight excluding hydrogens is 235 g/mol. The fourth-order valence-corrected chi connectivity index (χ4v) is 2.78. The minimum Gasteiger partial charge on any atom is -0.431 e. The molecule has 0 aliphatic rings. The second-order valence-corrected chi connectivity index (χ2v) is 6.18. The third-order valence-corrected chi connectivity index (χ3v) is 3.96. The summed E-state index contributed by atoms with van der Waals surface area (Å²) >= 11 is 0. The van der Waals surface area contributed by atoms with Gasteiger partial charge in [-0.25, -0.2) is 0 Å². The summed E-state index contributed by atoms with van der Waals surface area (Å²) in [5.74, 6) is 1.32. The topological polar surface area (TPSA) is 29.5 Å². The van der Waals surface area contributed by atoms with Gasteiger partial charge in [0, 0.05) is 0 Å². The minimum atomic E-state index is -0.390. The smallest absolute Gasteiger partial charge is 0.290 e. The Morgan fingerprint density at radius 2 is 1.79 bits per heavy atom. The molecule has 4 atom stereocenters. The number of rotatable bonds is 10. The summed E-state index contributed by atoms with van der Waals surface area (Å²) < 4.78 is 6.16. The van der Waals surface area contributed by atoms with Gasteiger partial charge in [-0.3, -0.25) is 0 Å². The van der Waals surface area contributed by atoms with Crippen molar-refractivity contribution in [3.8, 4) is 0 Å². The van der Waals surface area contributed by atoms with E-state index in [1.54, 1.807) is 0 Å². The van der Waals surface area contributed by atoms with Crippen molar-refractivity contribution in [2.75, 3.05) is 0 Å². The zero-order valence-corrected chi connectivity index (χ0v) is 13.7. The van der Waals surface area contributed by atoms with Gasteiger partial charge in [-0.2, -0.15) is 0 Å². The molecule has 3 heteroatoms. The minimum absolute atomic E-state index is 0.0956. The van der Waals surface area contributed by atoms with E-state index in [0.29, 0.717) is 17.8 Å². The zero-order chi connectivity index (χ0) is 15.0. The van der Waals surface area contributed by atoms with Crippen LogP contribution in [-0.4, -0.2) is 24.2 Å². The monoisotopic (exact) mass is 268 g/mol. The lowest BCUT2D eigenvalue weighted by Gasteiger charge is -2.34. The number of aliphatic hydroxyl groups is 1. The van der Waals surface area contributed by atoms with Crippen LogP contribution in [0.15, 0.2) is 12.7 Å². The number of hydrogen-bond acceptors (Lipinski definition) is 2. The maximum Gasteiger partial charge on any atom is 0.290 e. The van der Waals surface area contributed by atoms with E-state index in [1.165, 1.54) is 0 Å². The lowest BCUT2D eigenvalue weighted by molar-refractivity contribution is -0.0103. The predicted molar refractivity (Wildman–Crippen MR) is 85.6 cm³/mol. The van der Waals surface area contributed by atoms with Crippen LogP contribution < -0.4 is 0 Å². The molecule has 0 aromatic rings. The highest BCUT2D eigenvalue weighted by molar-refractivity contribution is 6.50. The summed E-state index contributed by atoms with van der Waals surface area (Å²) in [5, 5.41) is 10.3. The van der Waals surface area contributed by atoms with Crippen LogP contribution >= 0.6 is 0 Å². The Balaban J connectivity index is 4.75. The molecule has 0 aliphatic heterocycles. The summed E-state index contributed by atoms with van der Waals surface area (Å²) in [4.78, 5) is 0. The lowest BCUT2D eigenvalue weighted by Crippen LogP contribution is -2.41. The Hall–Kier alpha value is -0.275. The Kier molecular flexibility index (Phi) is 9.46. The summed E-state index contributed by atoms with van der Waals surface area (Å²) in [6.07, 6.45) is 4.32. The molecule has 2 nitrogen and oxygen atoms in total. The van der Waals surface area contributed by atoms with Crippen molar-refractivity contribution in [3.63, 3.8) is 0 Å². The summed E-state index contributed by atoms with van der Waals surface area (Å²) in [7, 11) is 0. The Labute approximate surface area is 120 Å². The largest absolute Gasteiger partial charge is 0.431 e. The Bertz CT molecular complexity index is 243. The van der Waals surface area contributed by atoms with Crippen LogP contribution in [0, 0.1) is 17.8 Å². The van der Waals surface area contributed by atoms with Crippen LogP contribution in [0.4, 0.5) is 0 Å². The van der Waals surface area contributed by atoms with Crippen LogP contribution in [0.3, 0.4) is 0 Å². The molecule has 0 saturated heterocycles. The highest BCUT2D eigenvalue weighted by Crippen LogP contribution is 2.26. The van der Waals surface area contributed by atoms with Gasteiger partial charge in [0.15, 0.2) is 0 Å². The van der Waals surface area contributed by atoms with E-state index in [-0.39, 0.29) is 13.0 Å². The van der Waals surface area contributed by atoms with Crippen LogP contribution in [0.25, 0.3) is 0 Å². The van der Waals surface area contributed by atoms with Gasteiger partial charge in [0.1, 0.15) is 0 Å². The van der Waals surface area contributed by atoms with Gasteiger partial charge in [0.05, 0.1) is 12.2 Å². The number of allylic oxidation sites excluding steroid dienone is 1. The van der Waals surface area contributed by atoms with Gasteiger partial charge < -0.3 is 9.76 Å². The highest BCUT2D eigenvalue weighted by atomic mass is 16.5. The van der Waals surface area contributed by atoms with Crippen LogP contribution in [0.2, 0.25) is 13.1 Å². The van der Waals surface area contributed by atoms with Gasteiger partial charge >= 0.3 is 0 Å². The van der Waals surface area contributed by atoms with Gasteiger partial charge in [-0.1, -0.05) is 53.4 Å². The molecule has 112 valence electrons. The molecule has 0 aromatic carbocycles. The van der Waals surface area contributed by atoms with Crippen molar-refractivity contribution in [1.82, 2.24) is 0 Å². The van der Waals surface area contributed by atoms with E-state index in [0.717, 1.165) is 19.2 Å². The normalized spacial score (nSPS) is 17.9. The average molecular weight is 268 g/mol. The summed E-state index contributed by atoms with van der Waals surface area (Å²) in [5.41, 5.74) is 0. The maximum atomic E-state index is 10.3. The van der Waals surface area contributed by atoms with Crippen molar-refractivity contribution < 1.29 is 9.76 Å². The third-order valence-electron chi connectivity index (χ3n) is 3.96.